The van der Waals surface area contributed by atoms with Gasteiger partial charge in [0.25, 0.3) is 0 Å². The van der Waals surface area contributed by atoms with Gasteiger partial charge < -0.3 is 10.1 Å². The normalized spacial score (nSPS) is 27.1. The Morgan fingerprint density at radius 3 is 2.96 bits per heavy atom. The van der Waals surface area contributed by atoms with Crippen molar-refractivity contribution in [1.82, 2.24) is 9.88 Å². The van der Waals surface area contributed by atoms with Crippen LogP contribution in [0, 0.1) is 12.8 Å². The monoisotopic (exact) mass is 308 g/mol. The summed E-state index contributed by atoms with van der Waals surface area (Å²) in [6.07, 6.45) is 6.26. The Bertz CT molecular complexity index is 799. The highest BCUT2D eigenvalue weighted by molar-refractivity contribution is 5.90. The molecule has 1 aromatic heterocycles. The predicted molar refractivity (Wildman–Crippen MR) is 92.7 cm³/mol. The first kappa shape index (κ1) is 13.8. The second kappa shape index (κ2) is 4.96. The first-order valence-corrected chi connectivity index (χ1v) is 8.89. The van der Waals surface area contributed by atoms with E-state index in [4.69, 9.17) is 0 Å². The summed E-state index contributed by atoms with van der Waals surface area (Å²) in [6.45, 7) is 4.55. The molecular weight excluding hydrogens is 284 g/mol. The average molecular weight is 308 g/mol. The van der Waals surface area contributed by atoms with Gasteiger partial charge in [0.15, 0.2) is 0 Å². The molecule has 2 heterocycles. The molecular formula is C20H24N2O. The van der Waals surface area contributed by atoms with Crippen LogP contribution in [-0.2, 0) is 6.42 Å². The molecule has 2 N–H and O–H groups in total. The van der Waals surface area contributed by atoms with Crippen LogP contribution in [0.3, 0.4) is 0 Å². The Kier molecular flexibility index (Phi) is 2.98. The highest BCUT2D eigenvalue weighted by Crippen LogP contribution is 2.44. The molecule has 2 atom stereocenters. The summed E-state index contributed by atoms with van der Waals surface area (Å²) in [5.74, 6) is 1.31. The zero-order chi connectivity index (χ0) is 15.6. The summed E-state index contributed by atoms with van der Waals surface area (Å²) in [7, 11) is 0. The number of nitrogens with one attached hydrogen (secondary N) is 1. The van der Waals surface area contributed by atoms with Crippen LogP contribution in [0.15, 0.2) is 29.8 Å². The molecule has 2 aromatic rings. The van der Waals surface area contributed by atoms with E-state index in [2.05, 4.69) is 41.1 Å². The molecule has 1 fully saturated rings. The number of aromatic amines is 1. The van der Waals surface area contributed by atoms with Crippen molar-refractivity contribution >= 4 is 10.9 Å². The van der Waals surface area contributed by atoms with Gasteiger partial charge in [-0.2, -0.15) is 0 Å². The third-order valence-electron chi connectivity index (χ3n) is 6.04. The number of nitrogens with zero attached hydrogens (tertiary/aromatic N) is 1. The van der Waals surface area contributed by atoms with Crippen LogP contribution >= 0.6 is 0 Å². The number of H-pyrrole nitrogens is 1. The van der Waals surface area contributed by atoms with Crippen LogP contribution in [0.1, 0.15) is 35.6 Å². The summed E-state index contributed by atoms with van der Waals surface area (Å²) < 4.78 is 0. The van der Waals surface area contributed by atoms with Crippen LogP contribution in [0.4, 0.5) is 0 Å². The van der Waals surface area contributed by atoms with Gasteiger partial charge in [-0.25, -0.2) is 0 Å². The van der Waals surface area contributed by atoms with Crippen LogP contribution in [0.5, 0.6) is 0 Å². The molecule has 120 valence electrons. The molecule has 0 unspecified atom stereocenters. The maximum atomic E-state index is 9.74. The van der Waals surface area contributed by atoms with E-state index in [-0.39, 0.29) is 6.61 Å². The lowest BCUT2D eigenvalue weighted by atomic mass is 9.76. The van der Waals surface area contributed by atoms with Crippen molar-refractivity contribution in [2.24, 2.45) is 5.92 Å². The Labute approximate surface area is 137 Å². The molecule has 3 aliphatic rings. The van der Waals surface area contributed by atoms with Crippen molar-refractivity contribution in [3.05, 3.63) is 46.7 Å². The first-order valence-electron chi connectivity index (χ1n) is 8.89. The lowest BCUT2D eigenvalue weighted by Gasteiger charge is -2.43. The van der Waals surface area contributed by atoms with E-state index in [0.29, 0.717) is 12.0 Å². The van der Waals surface area contributed by atoms with Gasteiger partial charge in [0, 0.05) is 41.6 Å². The maximum Gasteiger partial charge on any atom is 0.0654 e. The number of fused-ring (bicyclic) bond motifs is 2. The molecule has 0 saturated heterocycles. The fourth-order valence-corrected chi connectivity index (χ4v) is 4.73. The van der Waals surface area contributed by atoms with Crippen molar-refractivity contribution in [3.8, 4) is 0 Å². The number of rotatable bonds is 3. The van der Waals surface area contributed by atoms with Crippen LogP contribution in [0.25, 0.3) is 10.9 Å². The number of hydrogen-bond acceptors (Lipinski definition) is 2. The van der Waals surface area contributed by atoms with Gasteiger partial charge in [0.2, 0.25) is 0 Å². The summed E-state index contributed by atoms with van der Waals surface area (Å²) in [4.78, 5) is 6.23. The molecule has 2 aliphatic carbocycles. The molecule has 0 amide bonds. The van der Waals surface area contributed by atoms with Crippen molar-refractivity contribution < 1.29 is 5.11 Å². The van der Waals surface area contributed by atoms with Crippen molar-refractivity contribution in [1.29, 1.82) is 0 Å². The standard InChI is InChI=1S/C20H24N2O/c1-12-16-8-19-17(15-3-2-4-18(21-12)20(15)16)7-14(11-23)10-22(19)9-13-5-6-13/h2-4,7,13,17,19,21,23H,5-6,8-11H2,1H3/t17-,19-/m1/s1. The van der Waals surface area contributed by atoms with Gasteiger partial charge in [-0.3, -0.25) is 4.90 Å². The van der Waals surface area contributed by atoms with E-state index in [1.54, 1.807) is 0 Å². The second-order valence-corrected chi connectivity index (χ2v) is 7.65. The molecule has 23 heavy (non-hydrogen) atoms. The Morgan fingerprint density at radius 2 is 2.17 bits per heavy atom. The molecule has 5 rings (SSSR count). The SMILES string of the molecule is Cc1[nH]c2cccc3c2c1C[C@@H]1[C@@H]3C=C(CO)CN1CC1CC1. The van der Waals surface area contributed by atoms with Crippen LogP contribution in [-0.4, -0.2) is 40.7 Å². The Hall–Kier alpha value is -1.58. The van der Waals surface area contributed by atoms with Gasteiger partial charge in [-0.05, 0) is 54.9 Å². The topological polar surface area (TPSA) is 39.3 Å². The van der Waals surface area contributed by atoms with E-state index < -0.39 is 0 Å². The summed E-state index contributed by atoms with van der Waals surface area (Å²) in [5.41, 5.74) is 6.75. The third-order valence-corrected chi connectivity index (χ3v) is 6.04. The van der Waals surface area contributed by atoms with E-state index >= 15 is 0 Å². The predicted octanol–water partition coefficient (Wildman–Crippen LogP) is 3.13. The lowest BCUT2D eigenvalue weighted by molar-refractivity contribution is 0.164. The Balaban J connectivity index is 1.65. The van der Waals surface area contributed by atoms with Crippen molar-refractivity contribution in [2.45, 2.75) is 38.1 Å². The fraction of sp³-hybridized carbons (Fsp3) is 0.500. The minimum Gasteiger partial charge on any atom is -0.392 e. The minimum atomic E-state index is 0.194. The van der Waals surface area contributed by atoms with Gasteiger partial charge in [-0.1, -0.05) is 18.2 Å². The molecule has 3 heteroatoms. The molecule has 1 aromatic carbocycles. The summed E-state index contributed by atoms with van der Waals surface area (Å²) >= 11 is 0. The summed E-state index contributed by atoms with van der Waals surface area (Å²) in [6, 6.07) is 7.21. The van der Waals surface area contributed by atoms with E-state index in [9.17, 15) is 5.11 Å². The molecule has 3 nitrogen and oxygen atoms in total. The smallest absolute Gasteiger partial charge is 0.0654 e. The number of benzene rings is 1. The van der Waals surface area contributed by atoms with Gasteiger partial charge in [0.1, 0.15) is 0 Å². The maximum absolute atomic E-state index is 9.74. The van der Waals surface area contributed by atoms with Gasteiger partial charge in [-0.15, -0.1) is 0 Å². The van der Waals surface area contributed by atoms with Crippen molar-refractivity contribution in [2.75, 3.05) is 19.7 Å². The summed E-state index contributed by atoms with van der Waals surface area (Å²) in [5, 5.41) is 11.2. The Morgan fingerprint density at radius 1 is 1.30 bits per heavy atom. The van der Waals surface area contributed by atoms with E-state index in [1.807, 2.05) is 0 Å². The number of aryl methyl sites for hydroxylation is 1. The minimum absolute atomic E-state index is 0.194. The molecule has 0 spiro atoms. The largest absolute Gasteiger partial charge is 0.392 e. The molecule has 0 bridgehead atoms. The molecule has 1 saturated carbocycles. The average Bonchev–Trinajstić information content (AvgIpc) is 3.32. The molecule has 0 radical (unpaired) electrons. The van der Waals surface area contributed by atoms with Crippen LogP contribution < -0.4 is 0 Å². The quantitative estimate of drug-likeness (QED) is 0.855. The fourth-order valence-electron chi connectivity index (χ4n) is 4.73. The van der Waals surface area contributed by atoms with Crippen molar-refractivity contribution in [3.63, 3.8) is 0 Å². The zero-order valence-electron chi connectivity index (χ0n) is 13.7. The number of aliphatic hydroxyl groups excluding tert-OH is 1. The first-order chi connectivity index (χ1) is 11.2. The molecule has 1 aliphatic heterocycles. The number of aliphatic hydroxyl groups is 1. The third kappa shape index (κ3) is 2.10. The highest BCUT2D eigenvalue weighted by Gasteiger charge is 2.39. The number of hydrogen-bond donors (Lipinski definition) is 2. The lowest BCUT2D eigenvalue weighted by Crippen LogP contribution is -2.47. The highest BCUT2D eigenvalue weighted by atomic mass is 16.3. The van der Waals surface area contributed by atoms with Gasteiger partial charge in [0.05, 0.1) is 6.61 Å². The van der Waals surface area contributed by atoms with E-state index in [1.165, 1.54) is 52.7 Å². The van der Waals surface area contributed by atoms with E-state index in [0.717, 1.165) is 18.9 Å². The second-order valence-electron chi connectivity index (χ2n) is 7.65. The zero-order valence-corrected chi connectivity index (χ0v) is 13.7. The van der Waals surface area contributed by atoms with Crippen LogP contribution in [0.2, 0.25) is 0 Å². The van der Waals surface area contributed by atoms with Gasteiger partial charge >= 0.3 is 0 Å². The number of aromatic nitrogens is 1.